The van der Waals surface area contributed by atoms with E-state index in [0.717, 1.165) is 15.6 Å². The lowest BCUT2D eigenvalue weighted by molar-refractivity contribution is 0.306. The van der Waals surface area contributed by atoms with Crippen LogP contribution in [0.25, 0.3) is 22.1 Å². The van der Waals surface area contributed by atoms with Gasteiger partial charge in [-0.15, -0.1) is 0 Å². The minimum absolute atomic E-state index is 0.0860. The molecule has 0 unspecified atom stereocenters. The van der Waals surface area contributed by atoms with Crippen LogP contribution in [0.5, 0.6) is 5.75 Å². The number of hydrogen-bond donors (Lipinski definition) is 0. The monoisotopic (exact) mass is 440 g/mol. The molecular formula is C22H14BrClO3. The second-order valence-electron chi connectivity index (χ2n) is 6.06. The van der Waals surface area contributed by atoms with Gasteiger partial charge >= 0.3 is 0 Å². The van der Waals surface area contributed by atoms with Gasteiger partial charge < -0.3 is 9.15 Å². The van der Waals surface area contributed by atoms with Crippen LogP contribution in [0, 0.1) is 0 Å². The summed E-state index contributed by atoms with van der Waals surface area (Å²) in [7, 11) is 0. The van der Waals surface area contributed by atoms with Crippen molar-refractivity contribution in [1.82, 2.24) is 0 Å². The Morgan fingerprint density at radius 3 is 2.59 bits per heavy atom. The van der Waals surface area contributed by atoms with E-state index in [0.29, 0.717) is 33.9 Å². The Hall–Kier alpha value is -2.56. The summed E-state index contributed by atoms with van der Waals surface area (Å²) in [5.74, 6) is 0.643. The van der Waals surface area contributed by atoms with Crippen molar-refractivity contribution < 1.29 is 9.15 Å². The first kappa shape index (κ1) is 17.8. The zero-order valence-corrected chi connectivity index (χ0v) is 16.5. The van der Waals surface area contributed by atoms with Crippen molar-refractivity contribution in [1.29, 1.82) is 0 Å². The number of halogens is 2. The lowest BCUT2D eigenvalue weighted by Gasteiger charge is -2.08. The molecule has 4 aromatic rings. The predicted octanol–water partition coefficient (Wildman–Crippen LogP) is 6.45. The summed E-state index contributed by atoms with van der Waals surface area (Å²) in [5.41, 5.74) is 2.72. The maximum absolute atomic E-state index is 12.8. The predicted molar refractivity (Wildman–Crippen MR) is 111 cm³/mol. The van der Waals surface area contributed by atoms with Gasteiger partial charge in [-0.05, 0) is 47.5 Å². The highest BCUT2D eigenvalue weighted by Gasteiger charge is 2.10. The minimum atomic E-state index is -0.0860. The zero-order chi connectivity index (χ0) is 18.8. The van der Waals surface area contributed by atoms with Gasteiger partial charge in [0.2, 0.25) is 0 Å². The van der Waals surface area contributed by atoms with Crippen LogP contribution in [0.3, 0.4) is 0 Å². The molecule has 0 radical (unpaired) electrons. The SMILES string of the molecule is O=c1c(-c2ccc(Cl)cc2)coc2cc(OCc3cccc(Br)c3)ccc12. The molecule has 0 spiro atoms. The highest BCUT2D eigenvalue weighted by atomic mass is 79.9. The molecule has 1 heterocycles. The van der Waals surface area contributed by atoms with Gasteiger partial charge in [0.1, 0.15) is 24.2 Å². The van der Waals surface area contributed by atoms with Gasteiger partial charge in [0.25, 0.3) is 0 Å². The van der Waals surface area contributed by atoms with Crippen molar-refractivity contribution in [3.63, 3.8) is 0 Å². The van der Waals surface area contributed by atoms with E-state index in [1.807, 2.05) is 24.3 Å². The third-order valence-corrected chi connectivity index (χ3v) is 4.94. The summed E-state index contributed by atoms with van der Waals surface area (Å²) in [6, 6.07) is 20.3. The second kappa shape index (κ2) is 7.59. The molecule has 0 bridgehead atoms. The Morgan fingerprint density at radius 1 is 1.00 bits per heavy atom. The summed E-state index contributed by atoms with van der Waals surface area (Å²) in [4.78, 5) is 12.8. The fourth-order valence-corrected chi connectivity index (χ4v) is 3.39. The normalized spacial score (nSPS) is 10.9. The molecule has 0 N–H and O–H groups in total. The second-order valence-corrected chi connectivity index (χ2v) is 7.41. The van der Waals surface area contributed by atoms with E-state index in [9.17, 15) is 4.79 Å². The number of ether oxygens (including phenoxy) is 1. The molecule has 0 saturated heterocycles. The molecule has 0 saturated carbocycles. The van der Waals surface area contributed by atoms with Gasteiger partial charge in [-0.3, -0.25) is 4.79 Å². The Morgan fingerprint density at radius 2 is 1.81 bits per heavy atom. The van der Waals surface area contributed by atoms with Gasteiger partial charge in [-0.2, -0.15) is 0 Å². The Kier molecular flexibility index (Phi) is 5.01. The number of hydrogen-bond acceptors (Lipinski definition) is 3. The summed E-state index contributed by atoms with van der Waals surface area (Å²) in [6.07, 6.45) is 1.48. The summed E-state index contributed by atoms with van der Waals surface area (Å²) in [5, 5.41) is 1.13. The van der Waals surface area contributed by atoms with Crippen LogP contribution >= 0.6 is 27.5 Å². The van der Waals surface area contributed by atoms with E-state index in [-0.39, 0.29) is 5.43 Å². The van der Waals surface area contributed by atoms with Crippen LogP contribution in [-0.4, -0.2) is 0 Å². The van der Waals surface area contributed by atoms with Crippen LogP contribution in [0.1, 0.15) is 5.56 Å². The molecule has 0 amide bonds. The first-order chi connectivity index (χ1) is 13.1. The average molecular weight is 442 g/mol. The fraction of sp³-hybridized carbons (Fsp3) is 0.0455. The van der Waals surface area contributed by atoms with Gasteiger partial charge in [0.15, 0.2) is 5.43 Å². The van der Waals surface area contributed by atoms with Crippen molar-refractivity contribution in [2.75, 3.05) is 0 Å². The van der Waals surface area contributed by atoms with Gasteiger partial charge in [0.05, 0.1) is 10.9 Å². The van der Waals surface area contributed by atoms with Crippen LogP contribution in [0.2, 0.25) is 5.02 Å². The van der Waals surface area contributed by atoms with E-state index in [1.165, 1.54) is 6.26 Å². The molecule has 1 aromatic heterocycles. The smallest absolute Gasteiger partial charge is 0.200 e. The lowest BCUT2D eigenvalue weighted by atomic mass is 10.1. The fourth-order valence-electron chi connectivity index (χ4n) is 2.82. The van der Waals surface area contributed by atoms with Crippen molar-refractivity contribution in [3.05, 3.63) is 98.3 Å². The number of fused-ring (bicyclic) bond motifs is 1. The largest absolute Gasteiger partial charge is 0.489 e. The Balaban J connectivity index is 1.62. The molecule has 0 aliphatic carbocycles. The first-order valence-electron chi connectivity index (χ1n) is 8.29. The standard InChI is InChI=1S/C22H14BrClO3/c23-16-3-1-2-14(10-16)12-26-18-8-9-19-21(11-18)27-13-20(22(19)25)15-4-6-17(24)7-5-15/h1-11,13H,12H2. The highest BCUT2D eigenvalue weighted by molar-refractivity contribution is 9.10. The molecule has 0 aliphatic heterocycles. The third-order valence-electron chi connectivity index (χ3n) is 4.20. The summed E-state index contributed by atoms with van der Waals surface area (Å²) < 4.78 is 12.5. The van der Waals surface area contributed by atoms with E-state index < -0.39 is 0 Å². The molecule has 3 aromatic carbocycles. The molecule has 5 heteroatoms. The molecule has 0 atom stereocenters. The minimum Gasteiger partial charge on any atom is -0.489 e. The average Bonchev–Trinajstić information content (AvgIpc) is 2.68. The quantitative estimate of drug-likeness (QED) is 0.365. The van der Waals surface area contributed by atoms with Crippen molar-refractivity contribution in [2.24, 2.45) is 0 Å². The van der Waals surface area contributed by atoms with E-state index in [4.69, 9.17) is 20.8 Å². The van der Waals surface area contributed by atoms with Gasteiger partial charge in [0, 0.05) is 15.6 Å². The first-order valence-corrected chi connectivity index (χ1v) is 9.46. The van der Waals surface area contributed by atoms with E-state index >= 15 is 0 Å². The molecule has 0 aliphatic rings. The molecule has 0 fully saturated rings. The molecule has 134 valence electrons. The summed E-state index contributed by atoms with van der Waals surface area (Å²) >= 11 is 9.36. The van der Waals surface area contributed by atoms with Crippen molar-refractivity contribution in [3.8, 4) is 16.9 Å². The summed E-state index contributed by atoms with van der Waals surface area (Å²) in [6.45, 7) is 0.429. The zero-order valence-electron chi connectivity index (χ0n) is 14.1. The number of rotatable bonds is 4. The molecule has 4 rings (SSSR count). The topological polar surface area (TPSA) is 39.4 Å². The molecule has 3 nitrogen and oxygen atoms in total. The maximum Gasteiger partial charge on any atom is 0.200 e. The third kappa shape index (κ3) is 3.92. The van der Waals surface area contributed by atoms with Crippen LogP contribution in [0.15, 0.2) is 86.7 Å². The Bertz CT molecular complexity index is 1170. The van der Waals surface area contributed by atoms with E-state index in [1.54, 1.807) is 42.5 Å². The maximum atomic E-state index is 12.8. The van der Waals surface area contributed by atoms with Crippen molar-refractivity contribution >= 4 is 38.5 Å². The molecular weight excluding hydrogens is 428 g/mol. The van der Waals surface area contributed by atoms with E-state index in [2.05, 4.69) is 15.9 Å². The number of benzene rings is 3. The molecule has 27 heavy (non-hydrogen) atoms. The highest BCUT2D eigenvalue weighted by Crippen LogP contribution is 2.24. The van der Waals surface area contributed by atoms with Crippen LogP contribution in [0.4, 0.5) is 0 Å². The Labute approximate surface area is 169 Å². The van der Waals surface area contributed by atoms with Gasteiger partial charge in [-0.25, -0.2) is 0 Å². The van der Waals surface area contributed by atoms with Gasteiger partial charge in [-0.1, -0.05) is 51.8 Å². The lowest BCUT2D eigenvalue weighted by Crippen LogP contribution is -2.05. The van der Waals surface area contributed by atoms with Crippen molar-refractivity contribution in [2.45, 2.75) is 6.61 Å². The van der Waals surface area contributed by atoms with Crippen LogP contribution < -0.4 is 10.2 Å². The van der Waals surface area contributed by atoms with Crippen LogP contribution in [-0.2, 0) is 6.61 Å².